The minimum absolute atomic E-state index is 0.0498. The van der Waals surface area contributed by atoms with Crippen LogP contribution in [-0.2, 0) is 0 Å². The zero-order valence-corrected chi connectivity index (χ0v) is 12.3. The van der Waals surface area contributed by atoms with E-state index in [0.717, 1.165) is 11.0 Å². The molecule has 2 rings (SSSR count). The molecule has 0 spiro atoms. The first kappa shape index (κ1) is 17.7. The number of hydrogen-bond acceptors (Lipinski definition) is 2. The number of piperidine rings is 1. The molecule has 1 aliphatic rings. The van der Waals surface area contributed by atoms with Crippen LogP contribution in [0.4, 0.5) is 26.3 Å². The third kappa shape index (κ3) is 3.63. The molecule has 1 aromatic rings. The van der Waals surface area contributed by atoms with Crippen LogP contribution < -0.4 is 5.73 Å². The topological polar surface area (TPSA) is 29.3 Å². The molecule has 8 heteroatoms. The van der Waals surface area contributed by atoms with Crippen molar-refractivity contribution in [2.24, 2.45) is 5.73 Å². The Labute approximate surface area is 129 Å². The number of alkyl halides is 3. The molecule has 0 radical (unpaired) electrons. The summed E-state index contributed by atoms with van der Waals surface area (Å²) in [5, 5.41) is 0. The number of halogens is 6. The highest BCUT2D eigenvalue weighted by Gasteiger charge is 2.41. The highest BCUT2D eigenvalue weighted by Crippen LogP contribution is 2.39. The van der Waals surface area contributed by atoms with E-state index in [1.165, 1.54) is 6.92 Å². The summed E-state index contributed by atoms with van der Waals surface area (Å²) >= 11 is 0. The predicted octanol–water partition coefficient (Wildman–Crippen LogP) is 3.69. The molecule has 1 saturated heterocycles. The van der Waals surface area contributed by atoms with Crippen molar-refractivity contribution >= 4 is 0 Å². The summed E-state index contributed by atoms with van der Waals surface area (Å²) in [5.41, 5.74) is 5.54. The third-order valence-electron chi connectivity index (χ3n) is 4.15. The second-order valence-electron chi connectivity index (χ2n) is 5.71. The smallest absolute Gasteiger partial charge is 0.362 e. The quantitative estimate of drug-likeness (QED) is 0.658. The maximum Gasteiger partial charge on any atom is 0.405 e. The van der Waals surface area contributed by atoms with Crippen LogP contribution in [0.3, 0.4) is 0 Å². The van der Waals surface area contributed by atoms with Crippen molar-refractivity contribution in [2.75, 3.05) is 6.54 Å². The van der Waals surface area contributed by atoms with Gasteiger partial charge in [0, 0.05) is 29.8 Å². The molecule has 2 nitrogen and oxygen atoms in total. The number of benzene rings is 1. The van der Waals surface area contributed by atoms with E-state index in [-0.39, 0.29) is 17.7 Å². The molecule has 0 bridgehead atoms. The van der Waals surface area contributed by atoms with Gasteiger partial charge in [-0.2, -0.15) is 13.2 Å². The molecule has 23 heavy (non-hydrogen) atoms. The monoisotopic (exact) mass is 338 g/mol. The van der Waals surface area contributed by atoms with Gasteiger partial charge in [-0.15, -0.1) is 0 Å². The normalized spacial score (nSPS) is 25.8. The van der Waals surface area contributed by atoms with Gasteiger partial charge in [0.1, 0.15) is 12.4 Å². The van der Waals surface area contributed by atoms with Gasteiger partial charge in [0.15, 0.2) is 11.6 Å². The Morgan fingerprint density at radius 3 is 2.43 bits per heavy atom. The molecule has 0 unspecified atom stereocenters. The van der Waals surface area contributed by atoms with E-state index in [1.54, 1.807) is 0 Å². The van der Waals surface area contributed by atoms with Gasteiger partial charge in [0.05, 0.1) is 0 Å². The lowest BCUT2D eigenvalue weighted by molar-refractivity contribution is -0.148. The van der Waals surface area contributed by atoms with Crippen molar-refractivity contribution in [1.82, 2.24) is 4.90 Å². The summed E-state index contributed by atoms with van der Waals surface area (Å²) in [6, 6.07) is -0.533. The van der Waals surface area contributed by atoms with Crippen molar-refractivity contribution in [1.29, 1.82) is 0 Å². The van der Waals surface area contributed by atoms with Gasteiger partial charge >= 0.3 is 6.18 Å². The molecule has 1 aromatic carbocycles. The van der Waals surface area contributed by atoms with E-state index in [1.807, 2.05) is 0 Å². The largest absolute Gasteiger partial charge is 0.405 e. The Bertz CT molecular complexity index is 613. The van der Waals surface area contributed by atoms with Crippen LogP contribution >= 0.6 is 0 Å². The molecule has 1 aliphatic heterocycles. The number of rotatable bonds is 2. The lowest BCUT2D eigenvalue weighted by atomic mass is 9.81. The van der Waals surface area contributed by atoms with E-state index >= 15 is 0 Å². The molecule has 1 heterocycles. The van der Waals surface area contributed by atoms with Crippen molar-refractivity contribution in [3.8, 4) is 0 Å². The van der Waals surface area contributed by atoms with Crippen LogP contribution in [-0.4, -0.2) is 29.7 Å². The number of likely N-dealkylation sites (tertiary alicyclic amines) is 1. The maximum absolute atomic E-state index is 14.0. The fraction of sp³-hybridized carbons (Fsp3) is 0.467. The van der Waals surface area contributed by atoms with E-state index in [9.17, 15) is 26.3 Å². The van der Waals surface area contributed by atoms with E-state index < -0.39 is 48.2 Å². The minimum Gasteiger partial charge on any atom is -0.362 e. The molecular formula is C15H16F6N2. The molecule has 128 valence electrons. The van der Waals surface area contributed by atoms with Crippen molar-refractivity contribution in [2.45, 2.75) is 37.5 Å². The fourth-order valence-electron chi connectivity index (χ4n) is 2.97. The van der Waals surface area contributed by atoms with Gasteiger partial charge in [-0.05, 0) is 25.0 Å². The first-order valence-corrected chi connectivity index (χ1v) is 6.93. The Hall–Kier alpha value is -1.70. The summed E-state index contributed by atoms with van der Waals surface area (Å²) in [7, 11) is 0. The summed E-state index contributed by atoms with van der Waals surface area (Å²) in [5.74, 6) is -4.53. The van der Waals surface area contributed by atoms with E-state index in [2.05, 4.69) is 6.58 Å². The van der Waals surface area contributed by atoms with Crippen LogP contribution in [0.15, 0.2) is 24.4 Å². The third-order valence-corrected chi connectivity index (χ3v) is 4.15. The molecule has 0 aliphatic carbocycles. The second-order valence-corrected chi connectivity index (χ2v) is 5.71. The summed E-state index contributed by atoms with van der Waals surface area (Å²) in [4.78, 5) is 0.918. The average Bonchev–Trinajstić information content (AvgIpc) is 2.42. The standard InChI is InChI=1S/C15H16F6N2/c1-7-10(11-3-9(16)4-12(17)14(11)18)5-13(22)8(2)23(7)6-15(19,20)21/h3-4,7,10,13H,2,5-6,22H2,1H3/t7-,10-,13+/m1/s1. The number of nitrogens with zero attached hydrogens (tertiary/aromatic N) is 1. The molecule has 0 aromatic heterocycles. The van der Waals surface area contributed by atoms with Gasteiger partial charge in [0.25, 0.3) is 0 Å². The molecule has 0 saturated carbocycles. The number of hydrogen-bond donors (Lipinski definition) is 1. The van der Waals surface area contributed by atoms with Crippen LogP contribution in [0.5, 0.6) is 0 Å². The van der Waals surface area contributed by atoms with Gasteiger partial charge < -0.3 is 10.6 Å². The van der Waals surface area contributed by atoms with Crippen molar-refractivity contribution < 1.29 is 26.3 Å². The van der Waals surface area contributed by atoms with Crippen LogP contribution in [0, 0.1) is 17.5 Å². The van der Waals surface area contributed by atoms with Gasteiger partial charge in [0.2, 0.25) is 0 Å². The zero-order valence-electron chi connectivity index (χ0n) is 12.3. The van der Waals surface area contributed by atoms with Crippen molar-refractivity contribution in [3.63, 3.8) is 0 Å². The lowest BCUT2D eigenvalue weighted by Gasteiger charge is -2.45. The average molecular weight is 338 g/mol. The first-order valence-electron chi connectivity index (χ1n) is 6.93. The Morgan fingerprint density at radius 1 is 1.26 bits per heavy atom. The Morgan fingerprint density at radius 2 is 1.87 bits per heavy atom. The molecule has 1 fully saturated rings. The molecule has 2 N–H and O–H groups in total. The number of nitrogens with two attached hydrogens (primary N) is 1. The molecule has 0 amide bonds. The highest BCUT2D eigenvalue weighted by atomic mass is 19.4. The first-order chi connectivity index (χ1) is 10.5. The van der Waals surface area contributed by atoms with Gasteiger partial charge in [-0.25, -0.2) is 13.2 Å². The summed E-state index contributed by atoms with van der Waals surface area (Å²) < 4.78 is 79.0. The fourth-order valence-corrected chi connectivity index (χ4v) is 2.97. The van der Waals surface area contributed by atoms with E-state index in [0.29, 0.717) is 6.07 Å². The summed E-state index contributed by atoms with van der Waals surface area (Å²) in [6.45, 7) is 3.67. The van der Waals surface area contributed by atoms with Crippen molar-refractivity contribution in [3.05, 3.63) is 47.4 Å². The van der Waals surface area contributed by atoms with Crippen LogP contribution in [0.25, 0.3) is 0 Å². The second kappa shape index (κ2) is 6.07. The lowest BCUT2D eigenvalue weighted by Crippen LogP contribution is -2.52. The molecule has 3 atom stereocenters. The zero-order chi connectivity index (χ0) is 17.5. The minimum atomic E-state index is -4.51. The highest BCUT2D eigenvalue weighted by molar-refractivity contribution is 5.29. The van der Waals surface area contributed by atoms with E-state index in [4.69, 9.17) is 5.73 Å². The Balaban J connectivity index is 2.42. The summed E-state index contributed by atoms with van der Waals surface area (Å²) in [6.07, 6.45) is -4.46. The van der Waals surface area contributed by atoms with Crippen LogP contribution in [0.2, 0.25) is 0 Å². The van der Waals surface area contributed by atoms with Gasteiger partial charge in [-0.3, -0.25) is 0 Å². The molecular weight excluding hydrogens is 322 g/mol. The Kier molecular flexibility index (Phi) is 4.66. The van der Waals surface area contributed by atoms with Gasteiger partial charge in [-0.1, -0.05) is 6.58 Å². The maximum atomic E-state index is 14.0. The SMILES string of the molecule is C=C1[C@@H](N)C[C@@H](c2cc(F)cc(F)c2F)[C@@H](C)N1CC(F)(F)F. The van der Waals surface area contributed by atoms with Crippen LogP contribution in [0.1, 0.15) is 24.8 Å². The predicted molar refractivity (Wildman–Crippen MR) is 73.0 cm³/mol.